The van der Waals surface area contributed by atoms with Gasteiger partial charge < -0.3 is 9.64 Å². The molecule has 1 aliphatic heterocycles. The number of alkyl halides is 3. The lowest BCUT2D eigenvalue weighted by molar-refractivity contribution is -0.274. The Kier molecular flexibility index (Phi) is 5.13. The topological polar surface area (TPSA) is 93.0 Å². The Labute approximate surface area is 175 Å². The number of benzene rings is 1. The number of carbonyl (C=O) groups excluding carboxylic acids is 1. The Morgan fingerprint density at radius 2 is 1.77 bits per heavy atom. The van der Waals surface area contributed by atoms with Crippen LogP contribution in [0.2, 0.25) is 0 Å². The molecule has 1 aliphatic rings. The zero-order valence-electron chi connectivity index (χ0n) is 16.1. The summed E-state index contributed by atoms with van der Waals surface area (Å²) in [6, 6.07) is 8.54. The number of pyridine rings is 1. The zero-order valence-corrected chi connectivity index (χ0v) is 16.9. The highest BCUT2D eigenvalue weighted by Gasteiger charge is 2.34. The van der Waals surface area contributed by atoms with Crippen LogP contribution in [0, 0.1) is 0 Å². The third-order valence-corrected chi connectivity index (χ3v) is 5.48. The third kappa shape index (κ3) is 4.80. The first-order valence-electron chi connectivity index (χ1n) is 9.09. The first kappa shape index (κ1) is 21.1. The van der Waals surface area contributed by atoms with E-state index in [9.17, 15) is 26.4 Å². The lowest BCUT2D eigenvalue weighted by atomic mass is 10.1. The smallest absolute Gasteiger partial charge is 0.406 e. The summed E-state index contributed by atoms with van der Waals surface area (Å²) in [7, 11) is -3.33. The summed E-state index contributed by atoms with van der Waals surface area (Å²) in [4.78, 5) is 14.2. The Morgan fingerprint density at radius 1 is 1.13 bits per heavy atom. The summed E-state index contributed by atoms with van der Waals surface area (Å²) < 4.78 is 67.2. The standard InChI is InChI=1S/C19H17F3N4O4S/c1-31(28,29)24-14-10-25(11-14)18(27)16-8-23-26-9-13(4-7-17(16)26)12-2-5-15(6-3-12)30-19(20,21)22/h2-9,14,24H,10-11H2,1H3. The van der Waals surface area contributed by atoms with Crippen molar-refractivity contribution >= 4 is 21.4 Å². The summed E-state index contributed by atoms with van der Waals surface area (Å²) in [5, 5.41) is 4.20. The molecule has 1 saturated heterocycles. The van der Waals surface area contributed by atoms with Gasteiger partial charge in [0.2, 0.25) is 10.0 Å². The molecule has 3 aromatic rings. The summed E-state index contributed by atoms with van der Waals surface area (Å²) in [6.45, 7) is 0.543. The number of aromatic nitrogens is 2. The number of fused-ring (bicyclic) bond motifs is 1. The van der Waals surface area contributed by atoms with E-state index >= 15 is 0 Å². The van der Waals surface area contributed by atoms with E-state index in [1.54, 1.807) is 18.3 Å². The van der Waals surface area contributed by atoms with Crippen molar-refractivity contribution in [1.29, 1.82) is 0 Å². The number of sulfonamides is 1. The van der Waals surface area contributed by atoms with Gasteiger partial charge in [0.25, 0.3) is 5.91 Å². The van der Waals surface area contributed by atoms with E-state index in [4.69, 9.17) is 0 Å². The number of amides is 1. The van der Waals surface area contributed by atoms with Gasteiger partial charge >= 0.3 is 6.36 Å². The molecule has 1 aromatic carbocycles. The molecule has 1 N–H and O–H groups in total. The maximum atomic E-state index is 12.7. The average Bonchev–Trinajstić information content (AvgIpc) is 3.05. The number of carbonyl (C=O) groups is 1. The van der Waals surface area contributed by atoms with Crippen LogP contribution >= 0.6 is 0 Å². The fourth-order valence-electron chi connectivity index (χ4n) is 3.36. The normalized spacial score (nSPS) is 15.2. The molecule has 2 aromatic heterocycles. The summed E-state index contributed by atoms with van der Waals surface area (Å²) in [6.07, 6.45) is -0.595. The predicted octanol–water partition coefficient (Wildman–Crippen LogP) is 2.27. The van der Waals surface area contributed by atoms with E-state index < -0.39 is 16.4 Å². The van der Waals surface area contributed by atoms with Crippen LogP contribution in [0.25, 0.3) is 16.6 Å². The number of ether oxygens (including phenoxy) is 1. The first-order valence-corrected chi connectivity index (χ1v) is 11.0. The first-order chi connectivity index (χ1) is 14.5. The summed E-state index contributed by atoms with van der Waals surface area (Å²) in [5.41, 5.74) is 2.27. The van der Waals surface area contributed by atoms with Crippen molar-refractivity contribution in [2.45, 2.75) is 12.4 Å². The highest BCUT2D eigenvalue weighted by atomic mass is 32.2. The number of nitrogens with zero attached hydrogens (tertiary/aromatic N) is 3. The van der Waals surface area contributed by atoms with Gasteiger partial charge in [-0.15, -0.1) is 13.2 Å². The molecule has 31 heavy (non-hydrogen) atoms. The molecule has 0 unspecified atom stereocenters. The molecular weight excluding hydrogens is 437 g/mol. The maximum absolute atomic E-state index is 12.7. The van der Waals surface area contributed by atoms with Gasteiger partial charge in [0.15, 0.2) is 0 Å². The van der Waals surface area contributed by atoms with Crippen LogP contribution in [0.5, 0.6) is 5.75 Å². The molecule has 12 heteroatoms. The van der Waals surface area contributed by atoms with Crippen molar-refractivity contribution in [1.82, 2.24) is 19.2 Å². The van der Waals surface area contributed by atoms with Crippen molar-refractivity contribution in [2.24, 2.45) is 0 Å². The van der Waals surface area contributed by atoms with Gasteiger partial charge in [0.1, 0.15) is 5.75 Å². The number of hydrogen-bond donors (Lipinski definition) is 1. The quantitative estimate of drug-likeness (QED) is 0.639. The van der Waals surface area contributed by atoms with Crippen molar-refractivity contribution in [3.63, 3.8) is 0 Å². The zero-order chi connectivity index (χ0) is 22.4. The molecule has 8 nitrogen and oxygen atoms in total. The van der Waals surface area contributed by atoms with Crippen LogP contribution in [0.3, 0.4) is 0 Å². The molecule has 0 saturated carbocycles. The number of nitrogens with one attached hydrogen (secondary N) is 1. The van der Waals surface area contributed by atoms with Gasteiger partial charge in [-0.2, -0.15) is 5.10 Å². The van der Waals surface area contributed by atoms with E-state index in [2.05, 4.69) is 14.6 Å². The molecule has 0 spiro atoms. The van der Waals surface area contributed by atoms with Crippen LogP contribution in [0.15, 0.2) is 48.8 Å². The van der Waals surface area contributed by atoms with E-state index in [1.165, 1.54) is 39.9 Å². The van der Waals surface area contributed by atoms with Gasteiger partial charge in [0, 0.05) is 24.8 Å². The average molecular weight is 454 g/mol. The van der Waals surface area contributed by atoms with Crippen molar-refractivity contribution < 1.29 is 31.1 Å². The predicted molar refractivity (Wildman–Crippen MR) is 105 cm³/mol. The van der Waals surface area contributed by atoms with Gasteiger partial charge in [-0.1, -0.05) is 18.2 Å². The fourth-order valence-corrected chi connectivity index (χ4v) is 4.12. The van der Waals surface area contributed by atoms with Gasteiger partial charge in [-0.3, -0.25) is 4.79 Å². The van der Waals surface area contributed by atoms with E-state index in [0.29, 0.717) is 22.2 Å². The maximum Gasteiger partial charge on any atom is 0.573 e. The Balaban J connectivity index is 1.49. The second-order valence-corrected chi connectivity index (χ2v) is 8.96. The number of hydrogen-bond acceptors (Lipinski definition) is 5. The van der Waals surface area contributed by atoms with Gasteiger partial charge in [-0.25, -0.2) is 17.7 Å². The molecule has 164 valence electrons. The van der Waals surface area contributed by atoms with Gasteiger partial charge in [0.05, 0.1) is 29.6 Å². The Morgan fingerprint density at radius 3 is 2.39 bits per heavy atom. The highest BCUT2D eigenvalue weighted by molar-refractivity contribution is 7.88. The fraction of sp³-hybridized carbons (Fsp3) is 0.263. The van der Waals surface area contributed by atoms with E-state index in [-0.39, 0.29) is 30.8 Å². The molecule has 3 heterocycles. The second-order valence-electron chi connectivity index (χ2n) is 7.18. The summed E-state index contributed by atoms with van der Waals surface area (Å²) >= 11 is 0. The van der Waals surface area contributed by atoms with Gasteiger partial charge in [-0.05, 0) is 23.8 Å². The SMILES string of the molecule is CS(=O)(=O)NC1CN(C(=O)c2cnn3cc(-c4ccc(OC(F)(F)F)cc4)ccc23)C1. The molecule has 0 radical (unpaired) electrons. The third-order valence-electron chi connectivity index (χ3n) is 4.72. The molecule has 0 bridgehead atoms. The molecule has 0 atom stereocenters. The molecule has 1 fully saturated rings. The lowest BCUT2D eigenvalue weighted by Crippen LogP contribution is -2.60. The van der Waals surface area contributed by atoms with Crippen molar-refractivity contribution in [3.8, 4) is 16.9 Å². The summed E-state index contributed by atoms with van der Waals surface area (Å²) in [5.74, 6) is -0.578. The minimum Gasteiger partial charge on any atom is -0.406 e. The van der Waals surface area contributed by atoms with Crippen LogP contribution in [-0.2, 0) is 10.0 Å². The Hall–Kier alpha value is -3.12. The van der Waals surface area contributed by atoms with Crippen LogP contribution < -0.4 is 9.46 Å². The van der Waals surface area contributed by atoms with Crippen LogP contribution in [0.1, 0.15) is 10.4 Å². The number of rotatable bonds is 5. The van der Waals surface area contributed by atoms with Crippen LogP contribution in [0.4, 0.5) is 13.2 Å². The highest BCUT2D eigenvalue weighted by Crippen LogP contribution is 2.27. The number of halogens is 3. The minimum absolute atomic E-state index is 0.261. The molecule has 1 amide bonds. The molecule has 0 aliphatic carbocycles. The lowest BCUT2D eigenvalue weighted by Gasteiger charge is -2.38. The van der Waals surface area contributed by atoms with Crippen molar-refractivity contribution in [3.05, 3.63) is 54.4 Å². The van der Waals surface area contributed by atoms with Crippen LogP contribution in [-0.4, -0.2) is 60.6 Å². The molecular formula is C19H17F3N4O4S. The second kappa shape index (κ2) is 7.54. The van der Waals surface area contributed by atoms with E-state index in [0.717, 1.165) is 6.26 Å². The molecule has 4 rings (SSSR count). The largest absolute Gasteiger partial charge is 0.573 e. The van der Waals surface area contributed by atoms with Crippen molar-refractivity contribution in [2.75, 3.05) is 19.3 Å². The Bertz CT molecular complexity index is 1230. The minimum atomic E-state index is -4.75. The number of likely N-dealkylation sites (tertiary alicyclic amines) is 1. The van der Waals surface area contributed by atoms with E-state index in [1.807, 2.05) is 0 Å². The monoisotopic (exact) mass is 454 g/mol.